The maximum absolute atomic E-state index is 12.1. The van der Waals surface area contributed by atoms with Gasteiger partial charge in [0, 0.05) is 10.2 Å². The number of carbonyl (C=O) groups excluding carboxylic acids is 2. The van der Waals surface area contributed by atoms with Gasteiger partial charge in [0.2, 0.25) is 0 Å². The molecule has 0 fully saturated rings. The number of rotatable bonds is 6. The molecular formula is C19H20BrNO4. The van der Waals surface area contributed by atoms with Crippen molar-refractivity contribution in [3.05, 3.63) is 57.6 Å². The van der Waals surface area contributed by atoms with Crippen molar-refractivity contribution in [2.45, 2.75) is 20.8 Å². The second kappa shape index (κ2) is 8.67. The van der Waals surface area contributed by atoms with Crippen LogP contribution in [0.15, 0.2) is 40.9 Å². The van der Waals surface area contributed by atoms with Gasteiger partial charge in [-0.1, -0.05) is 22.0 Å². The number of anilines is 1. The SMILES string of the molecule is CCOC(=O)c1ccc(C)c(NC(=O)COc2ccc(Br)c(C)c2)c1. The summed E-state index contributed by atoms with van der Waals surface area (Å²) >= 11 is 3.42. The zero-order valence-electron chi connectivity index (χ0n) is 14.4. The monoisotopic (exact) mass is 405 g/mol. The van der Waals surface area contributed by atoms with E-state index in [4.69, 9.17) is 9.47 Å². The Bertz CT molecular complexity index is 789. The van der Waals surface area contributed by atoms with Crippen molar-refractivity contribution in [2.75, 3.05) is 18.5 Å². The lowest BCUT2D eigenvalue weighted by Gasteiger charge is -2.11. The third-order valence-corrected chi connectivity index (χ3v) is 4.41. The lowest BCUT2D eigenvalue weighted by Crippen LogP contribution is -2.21. The maximum Gasteiger partial charge on any atom is 0.338 e. The van der Waals surface area contributed by atoms with E-state index in [1.807, 2.05) is 26.0 Å². The van der Waals surface area contributed by atoms with E-state index in [1.54, 1.807) is 31.2 Å². The summed E-state index contributed by atoms with van der Waals surface area (Å²) in [6.45, 7) is 5.72. The number of ether oxygens (including phenoxy) is 2. The molecular weight excluding hydrogens is 386 g/mol. The van der Waals surface area contributed by atoms with Crippen molar-refractivity contribution in [3.8, 4) is 5.75 Å². The van der Waals surface area contributed by atoms with Crippen LogP contribution in [0.1, 0.15) is 28.4 Å². The molecule has 0 saturated heterocycles. The molecule has 0 atom stereocenters. The molecule has 2 rings (SSSR count). The van der Waals surface area contributed by atoms with Gasteiger partial charge >= 0.3 is 5.97 Å². The minimum absolute atomic E-state index is 0.121. The molecule has 0 aliphatic heterocycles. The van der Waals surface area contributed by atoms with Crippen LogP contribution in [-0.2, 0) is 9.53 Å². The minimum atomic E-state index is -0.417. The van der Waals surface area contributed by atoms with Crippen LogP contribution in [0.3, 0.4) is 0 Å². The van der Waals surface area contributed by atoms with Crippen LogP contribution < -0.4 is 10.1 Å². The van der Waals surface area contributed by atoms with Crippen LogP contribution in [0.4, 0.5) is 5.69 Å². The molecule has 5 nitrogen and oxygen atoms in total. The number of benzene rings is 2. The highest BCUT2D eigenvalue weighted by atomic mass is 79.9. The summed E-state index contributed by atoms with van der Waals surface area (Å²) in [6.07, 6.45) is 0. The van der Waals surface area contributed by atoms with E-state index in [2.05, 4.69) is 21.2 Å². The van der Waals surface area contributed by atoms with Crippen molar-refractivity contribution in [2.24, 2.45) is 0 Å². The summed E-state index contributed by atoms with van der Waals surface area (Å²) in [5.41, 5.74) is 2.83. The summed E-state index contributed by atoms with van der Waals surface area (Å²) in [5.74, 6) is -0.0999. The van der Waals surface area contributed by atoms with Gasteiger partial charge in [-0.3, -0.25) is 4.79 Å². The summed E-state index contributed by atoms with van der Waals surface area (Å²) in [7, 11) is 0. The number of nitrogens with one attached hydrogen (secondary N) is 1. The highest BCUT2D eigenvalue weighted by molar-refractivity contribution is 9.10. The van der Waals surface area contributed by atoms with Crippen LogP contribution in [0.25, 0.3) is 0 Å². The average molecular weight is 406 g/mol. The van der Waals surface area contributed by atoms with Crippen LogP contribution in [-0.4, -0.2) is 25.1 Å². The first kappa shape index (κ1) is 19.0. The molecule has 2 aromatic rings. The lowest BCUT2D eigenvalue weighted by molar-refractivity contribution is -0.118. The fourth-order valence-corrected chi connectivity index (χ4v) is 2.39. The van der Waals surface area contributed by atoms with E-state index in [1.165, 1.54) is 0 Å². The molecule has 0 spiro atoms. The van der Waals surface area contributed by atoms with Gasteiger partial charge in [-0.05, 0) is 62.2 Å². The van der Waals surface area contributed by atoms with Crippen LogP contribution in [0, 0.1) is 13.8 Å². The van der Waals surface area contributed by atoms with E-state index in [0.29, 0.717) is 23.6 Å². The molecule has 25 heavy (non-hydrogen) atoms. The summed E-state index contributed by atoms with van der Waals surface area (Å²) in [4.78, 5) is 23.9. The molecule has 1 amide bonds. The second-order valence-electron chi connectivity index (χ2n) is 5.50. The summed E-state index contributed by atoms with van der Waals surface area (Å²) < 4.78 is 11.5. The molecule has 0 saturated carbocycles. The maximum atomic E-state index is 12.1. The van der Waals surface area contributed by atoms with Gasteiger partial charge < -0.3 is 14.8 Å². The van der Waals surface area contributed by atoms with Crippen molar-refractivity contribution in [3.63, 3.8) is 0 Å². The van der Waals surface area contributed by atoms with Gasteiger partial charge in [0.1, 0.15) is 5.75 Å². The fraction of sp³-hybridized carbons (Fsp3) is 0.263. The largest absolute Gasteiger partial charge is 0.484 e. The molecule has 0 radical (unpaired) electrons. The topological polar surface area (TPSA) is 64.6 Å². The van der Waals surface area contributed by atoms with E-state index in [-0.39, 0.29) is 12.5 Å². The standard InChI is InChI=1S/C19H20BrNO4/c1-4-24-19(23)14-6-5-12(2)17(10-14)21-18(22)11-25-15-7-8-16(20)13(3)9-15/h5-10H,4,11H2,1-3H3,(H,21,22). The molecule has 0 unspecified atom stereocenters. The van der Waals surface area contributed by atoms with E-state index in [0.717, 1.165) is 15.6 Å². The molecule has 0 aliphatic carbocycles. The van der Waals surface area contributed by atoms with Crippen LogP contribution in [0.2, 0.25) is 0 Å². The van der Waals surface area contributed by atoms with Gasteiger partial charge in [0.15, 0.2) is 6.61 Å². The molecule has 0 aromatic heterocycles. The van der Waals surface area contributed by atoms with Gasteiger partial charge in [0.25, 0.3) is 5.91 Å². The predicted octanol–water partition coefficient (Wildman–Crippen LogP) is 4.26. The van der Waals surface area contributed by atoms with E-state index in [9.17, 15) is 9.59 Å². The number of amides is 1. The van der Waals surface area contributed by atoms with Gasteiger partial charge in [-0.15, -0.1) is 0 Å². The first-order valence-electron chi connectivity index (χ1n) is 7.87. The first-order chi connectivity index (χ1) is 11.9. The number of halogens is 1. The fourth-order valence-electron chi connectivity index (χ4n) is 2.14. The molecule has 0 aliphatic rings. The average Bonchev–Trinajstić information content (AvgIpc) is 2.58. The molecule has 6 heteroatoms. The highest BCUT2D eigenvalue weighted by Gasteiger charge is 2.11. The van der Waals surface area contributed by atoms with E-state index < -0.39 is 5.97 Å². The van der Waals surface area contributed by atoms with Crippen LogP contribution in [0.5, 0.6) is 5.75 Å². The molecule has 2 aromatic carbocycles. The quantitative estimate of drug-likeness (QED) is 0.729. The number of carbonyl (C=O) groups is 2. The Hall–Kier alpha value is -2.34. The third kappa shape index (κ3) is 5.32. The molecule has 0 heterocycles. The zero-order valence-corrected chi connectivity index (χ0v) is 16.0. The number of hydrogen-bond acceptors (Lipinski definition) is 4. The predicted molar refractivity (Wildman–Crippen MR) is 100 cm³/mol. The minimum Gasteiger partial charge on any atom is -0.484 e. The highest BCUT2D eigenvalue weighted by Crippen LogP contribution is 2.22. The Morgan fingerprint density at radius 3 is 2.52 bits per heavy atom. The smallest absolute Gasteiger partial charge is 0.338 e. The van der Waals surface area contributed by atoms with Crippen molar-refractivity contribution < 1.29 is 19.1 Å². The van der Waals surface area contributed by atoms with Crippen molar-refractivity contribution >= 4 is 33.5 Å². The van der Waals surface area contributed by atoms with Gasteiger partial charge in [0.05, 0.1) is 12.2 Å². The van der Waals surface area contributed by atoms with Crippen molar-refractivity contribution in [1.29, 1.82) is 0 Å². The van der Waals surface area contributed by atoms with E-state index >= 15 is 0 Å². The lowest BCUT2D eigenvalue weighted by atomic mass is 10.1. The molecule has 132 valence electrons. The summed E-state index contributed by atoms with van der Waals surface area (Å²) in [5, 5.41) is 2.76. The Balaban J connectivity index is 2.00. The Kier molecular flexibility index (Phi) is 6.58. The summed E-state index contributed by atoms with van der Waals surface area (Å²) in [6, 6.07) is 10.6. The Morgan fingerprint density at radius 2 is 1.84 bits per heavy atom. The Morgan fingerprint density at radius 1 is 1.08 bits per heavy atom. The number of aryl methyl sites for hydroxylation is 2. The second-order valence-corrected chi connectivity index (χ2v) is 6.35. The number of esters is 1. The van der Waals surface area contributed by atoms with Gasteiger partial charge in [-0.25, -0.2) is 4.79 Å². The number of hydrogen-bond donors (Lipinski definition) is 1. The third-order valence-electron chi connectivity index (χ3n) is 3.52. The normalized spacial score (nSPS) is 10.2. The van der Waals surface area contributed by atoms with Crippen LogP contribution >= 0.6 is 15.9 Å². The Labute approximate surface area is 155 Å². The van der Waals surface area contributed by atoms with Gasteiger partial charge in [-0.2, -0.15) is 0 Å². The zero-order chi connectivity index (χ0) is 18.4. The molecule has 1 N–H and O–H groups in total. The first-order valence-corrected chi connectivity index (χ1v) is 8.66. The molecule has 0 bridgehead atoms. The van der Waals surface area contributed by atoms with Crippen molar-refractivity contribution in [1.82, 2.24) is 0 Å².